The van der Waals surface area contributed by atoms with Gasteiger partial charge in [-0.25, -0.2) is 17.8 Å². The van der Waals surface area contributed by atoms with Gasteiger partial charge in [-0.2, -0.15) is 4.31 Å². The van der Waals surface area contributed by atoms with Crippen LogP contribution in [0.4, 0.5) is 5.69 Å². The van der Waals surface area contributed by atoms with Crippen molar-refractivity contribution in [1.82, 2.24) is 13.9 Å². The van der Waals surface area contributed by atoms with Gasteiger partial charge in [-0.05, 0) is 61.4 Å². The molecule has 1 saturated heterocycles. The highest BCUT2D eigenvalue weighted by Gasteiger charge is 2.25. The van der Waals surface area contributed by atoms with Crippen molar-refractivity contribution in [1.29, 1.82) is 0 Å². The first-order valence-corrected chi connectivity index (χ1v) is 12.1. The molecule has 0 spiro atoms. The lowest BCUT2D eigenvalue weighted by Crippen LogP contribution is -2.35. The summed E-state index contributed by atoms with van der Waals surface area (Å²) in [7, 11) is -2.06. The number of aromatic hydroxyl groups is 1. The molecule has 3 aromatic rings. The normalized spacial score (nSPS) is 15.0. The SMILES string of the molecule is COc1ccc(-n2c(O)c(C=Nc3ccc(S(=O)(=O)N4CCCCC4)cc3)c(=O)[nH]c2=O)cc1. The van der Waals surface area contributed by atoms with Crippen LogP contribution in [0, 0.1) is 0 Å². The number of piperidine rings is 1. The summed E-state index contributed by atoms with van der Waals surface area (Å²) in [4.78, 5) is 31.1. The minimum Gasteiger partial charge on any atom is -0.497 e. The molecule has 1 fully saturated rings. The van der Waals surface area contributed by atoms with Gasteiger partial charge in [-0.15, -0.1) is 0 Å². The molecule has 10 nitrogen and oxygen atoms in total. The molecule has 11 heteroatoms. The molecule has 0 bridgehead atoms. The highest BCUT2D eigenvalue weighted by atomic mass is 32.2. The lowest BCUT2D eigenvalue weighted by molar-refractivity contribution is 0.346. The molecule has 0 radical (unpaired) electrons. The fourth-order valence-electron chi connectivity index (χ4n) is 3.72. The highest BCUT2D eigenvalue weighted by molar-refractivity contribution is 7.89. The molecule has 1 aliphatic heterocycles. The Labute approximate surface area is 195 Å². The minimum atomic E-state index is -3.57. The zero-order chi connectivity index (χ0) is 24.3. The molecule has 2 heterocycles. The fourth-order valence-corrected chi connectivity index (χ4v) is 5.24. The summed E-state index contributed by atoms with van der Waals surface area (Å²) in [6.07, 6.45) is 3.84. The zero-order valence-electron chi connectivity index (χ0n) is 18.5. The van der Waals surface area contributed by atoms with Crippen LogP contribution in [0.3, 0.4) is 0 Å². The summed E-state index contributed by atoms with van der Waals surface area (Å²) < 4.78 is 33.1. The van der Waals surface area contributed by atoms with Gasteiger partial charge in [-0.1, -0.05) is 6.42 Å². The van der Waals surface area contributed by atoms with E-state index in [9.17, 15) is 23.1 Å². The zero-order valence-corrected chi connectivity index (χ0v) is 19.3. The van der Waals surface area contributed by atoms with Crippen molar-refractivity contribution < 1.29 is 18.3 Å². The third kappa shape index (κ3) is 4.66. The van der Waals surface area contributed by atoms with Crippen molar-refractivity contribution in [3.63, 3.8) is 0 Å². The number of benzene rings is 2. The maximum Gasteiger partial charge on any atom is 0.335 e. The van der Waals surface area contributed by atoms with Crippen LogP contribution in [0.2, 0.25) is 0 Å². The summed E-state index contributed by atoms with van der Waals surface area (Å²) in [6, 6.07) is 12.3. The largest absolute Gasteiger partial charge is 0.497 e. The van der Waals surface area contributed by atoms with Gasteiger partial charge in [0.1, 0.15) is 11.3 Å². The summed E-state index contributed by atoms with van der Waals surface area (Å²) in [5, 5.41) is 10.6. The molecule has 178 valence electrons. The third-order valence-corrected chi connectivity index (χ3v) is 7.50. The number of aromatic amines is 1. The minimum absolute atomic E-state index is 0.169. The smallest absolute Gasteiger partial charge is 0.335 e. The van der Waals surface area contributed by atoms with E-state index < -0.39 is 27.2 Å². The van der Waals surface area contributed by atoms with Crippen molar-refractivity contribution in [2.45, 2.75) is 24.2 Å². The van der Waals surface area contributed by atoms with Crippen LogP contribution in [0.1, 0.15) is 24.8 Å². The van der Waals surface area contributed by atoms with E-state index >= 15 is 0 Å². The van der Waals surface area contributed by atoms with Crippen molar-refractivity contribution in [3.8, 4) is 17.3 Å². The average molecular weight is 485 g/mol. The van der Waals surface area contributed by atoms with Crippen LogP contribution < -0.4 is 16.0 Å². The van der Waals surface area contributed by atoms with Crippen molar-refractivity contribution >= 4 is 21.9 Å². The number of aromatic nitrogens is 2. The Hall–Kier alpha value is -3.70. The molecule has 1 aliphatic rings. The number of aliphatic imine (C=N–C) groups is 1. The number of sulfonamides is 1. The number of nitrogens with zero attached hydrogens (tertiary/aromatic N) is 3. The van der Waals surface area contributed by atoms with Gasteiger partial charge < -0.3 is 9.84 Å². The van der Waals surface area contributed by atoms with E-state index in [0.29, 0.717) is 30.2 Å². The van der Waals surface area contributed by atoms with Crippen LogP contribution >= 0.6 is 0 Å². The van der Waals surface area contributed by atoms with Gasteiger partial charge in [0.25, 0.3) is 5.56 Å². The van der Waals surface area contributed by atoms with Crippen molar-refractivity contribution in [2.24, 2.45) is 4.99 Å². The van der Waals surface area contributed by atoms with Crippen LogP contribution in [0.25, 0.3) is 5.69 Å². The molecule has 0 unspecified atom stereocenters. The van der Waals surface area contributed by atoms with Crippen molar-refractivity contribution in [2.75, 3.05) is 20.2 Å². The Balaban J connectivity index is 1.62. The second-order valence-corrected chi connectivity index (χ2v) is 9.68. The molecule has 1 aromatic heterocycles. The quantitative estimate of drug-likeness (QED) is 0.515. The molecular formula is C23H24N4O6S. The van der Waals surface area contributed by atoms with Crippen LogP contribution in [0.5, 0.6) is 11.6 Å². The first-order valence-electron chi connectivity index (χ1n) is 10.7. The van der Waals surface area contributed by atoms with E-state index in [4.69, 9.17) is 4.74 Å². The summed E-state index contributed by atoms with van der Waals surface area (Å²) >= 11 is 0. The molecule has 0 amide bonds. The number of hydrogen-bond donors (Lipinski definition) is 2. The number of nitrogens with one attached hydrogen (secondary N) is 1. The standard InChI is InChI=1S/C23H24N4O6S/c1-33-18-9-7-17(8-10-18)27-22(29)20(21(28)25-23(27)30)15-24-16-5-11-19(12-6-16)34(31,32)26-13-3-2-4-14-26/h5-12,15,29H,2-4,13-14H2,1H3,(H,25,28,30). The van der Waals surface area contributed by atoms with E-state index in [2.05, 4.69) is 9.98 Å². The van der Waals surface area contributed by atoms with Gasteiger partial charge in [-0.3, -0.25) is 14.8 Å². The van der Waals surface area contributed by atoms with Gasteiger partial charge >= 0.3 is 5.69 Å². The highest BCUT2D eigenvalue weighted by Crippen LogP contribution is 2.23. The maximum atomic E-state index is 12.8. The first kappa shape index (κ1) is 23.5. The van der Waals surface area contributed by atoms with E-state index in [1.165, 1.54) is 35.7 Å². The predicted molar refractivity (Wildman–Crippen MR) is 127 cm³/mol. The predicted octanol–water partition coefficient (Wildman–Crippen LogP) is 2.17. The Bertz CT molecular complexity index is 1420. The number of H-pyrrole nitrogens is 1. The second-order valence-electron chi connectivity index (χ2n) is 7.75. The monoisotopic (exact) mass is 484 g/mol. The molecule has 0 saturated carbocycles. The molecule has 4 rings (SSSR count). The van der Waals surface area contributed by atoms with Crippen molar-refractivity contribution in [3.05, 3.63) is 74.9 Å². The van der Waals surface area contributed by atoms with Gasteiger partial charge in [0.15, 0.2) is 0 Å². The van der Waals surface area contributed by atoms with Crippen LogP contribution in [-0.4, -0.2) is 53.8 Å². The Morgan fingerprint density at radius 1 is 1.00 bits per heavy atom. The number of ether oxygens (including phenoxy) is 1. The topological polar surface area (TPSA) is 134 Å². The lowest BCUT2D eigenvalue weighted by atomic mass is 10.2. The Morgan fingerprint density at radius 3 is 2.26 bits per heavy atom. The number of rotatable bonds is 6. The van der Waals surface area contributed by atoms with Crippen LogP contribution in [-0.2, 0) is 10.0 Å². The maximum absolute atomic E-state index is 12.8. The molecule has 34 heavy (non-hydrogen) atoms. The summed E-state index contributed by atoms with van der Waals surface area (Å²) in [5.41, 5.74) is -1.14. The molecule has 0 aliphatic carbocycles. The van der Waals surface area contributed by atoms with E-state index in [1.54, 1.807) is 24.3 Å². The second kappa shape index (κ2) is 9.65. The third-order valence-electron chi connectivity index (χ3n) is 5.58. The lowest BCUT2D eigenvalue weighted by Gasteiger charge is -2.25. The summed E-state index contributed by atoms with van der Waals surface area (Å²) in [6.45, 7) is 1.02. The van der Waals surface area contributed by atoms with Gasteiger partial charge in [0.2, 0.25) is 15.9 Å². The number of methoxy groups -OCH3 is 1. The first-order chi connectivity index (χ1) is 16.3. The molecule has 2 aromatic carbocycles. The molecular weight excluding hydrogens is 460 g/mol. The van der Waals surface area contributed by atoms with Gasteiger partial charge in [0.05, 0.1) is 23.4 Å². The van der Waals surface area contributed by atoms with Gasteiger partial charge in [0, 0.05) is 19.3 Å². The molecule has 2 N–H and O–H groups in total. The average Bonchev–Trinajstić information content (AvgIpc) is 2.85. The Kier molecular flexibility index (Phi) is 6.66. The number of hydrogen-bond acceptors (Lipinski definition) is 7. The van der Waals surface area contributed by atoms with E-state index in [0.717, 1.165) is 30.0 Å². The molecule has 0 atom stereocenters. The van der Waals surface area contributed by atoms with Crippen LogP contribution in [0.15, 0.2) is 68.0 Å². The summed E-state index contributed by atoms with van der Waals surface area (Å²) in [5.74, 6) is -0.0137. The van der Waals surface area contributed by atoms with E-state index in [1.807, 2.05) is 0 Å². The fraction of sp³-hybridized carbons (Fsp3) is 0.261. The van der Waals surface area contributed by atoms with E-state index in [-0.39, 0.29) is 10.5 Å². The Morgan fingerprint density at radius 2 is 1.65 bits per heavy atom.